The molecular weight excluding hydrogens is 596 g/mol. The molecule has 2 aliphatic rings. The van der Waals surface area contributed by atoms with Crippen LogP contribution in [0.15, 0.2) is 12.7 Å². The van der Waals surface area contributed by atoms with Crippen molar-refractivity contribution in [2.24, 2.45) is 0 Å². The molecule has 0 amide bonds. The first-order valence-corrected chi connectivity index (χ1v) is 14.6. The van der Waals surface area contributed by atoms with Gasteiger partial charge in [0.05, 0.1) is 99.1 Å². The van der Waals surface area contributed by atoms with Crippen LogP contribution in [-0.4, -0.2) is 196 Å². The number of rotatable bonds is 25. The van der Waals surface area contributed by atoms with Crippen molar-refractivity contribution in [3.8, 4) is 0 Å². The van der Waals surface area contributed by atoms with E-state index in [-0.39, 0.29) is 19.8 Å². The first-order valence-electron chi connectivity index (χ1n) is 14.6. The first kappa shape index (κ1) is 39.2. The molecule has 0 spiro atoms. The van der Waals surface area contributed by atoms with Gasteiger partial charge in [0.2, 0.25) is 0 Å². The average molecular weight is 647 g/mol. The summed E-state index contributed by atoms with van der Waals surface area (Å²) in [6, 6.07) is 0. The Hall–Kier alpha value is -0.940. The number of hydrogen-bond acceptors (Lipinski definition) is 17. The third kappa shape index (κ3) is 13.8. The van der Waals surface area contributed by atoms with E-state index in [4.69, 9.17) is 47.4 Å². The van der Waals surface area contributed by atoms with Gasteiger partial charge in [-0.25, -0.2) is 0 Å². The van der Waals surface area contributed by atoms with E-state index in [1.54, 1.807) is 6.08 Å². The van der Waals surface area contributed by atoms with E-state index in [1.807, 2.05) is 0 Å². The summed E-state index contributed by atoms with van der Waals surface area (Å²) in [5.74, 6) is 0. The van der Waals surface area contributed by atoms with Crippen LogP contribution in [0.3, 0.4) is 0 Å². The Bertz CT molecular complexity index is 716. The van der Waals surface area contributed by atoms with Gasteiger partial charge in [-0.1, -0.05) is 6.08 Å². The molecular formula is C27H50O17. The zero-order valence-corrected chi connectivity index (χ0v) is 24.9. The predicted molar refractivity (Wildman–Crippen MR) is 147 cm³/mol. The Labute approximate surface area is 256 Å². The van der Waals surface area contributed by atoms with E-state index < -0.39 is 74.6 Å². The van der Waals surface area contributed by atoms with Gasteiger partial charge in [-0.2, -0.15) is 0 Å². The minimum atomic E-state index is -1.74. The van der Waals surface area contributed by atoms with Crippen molar-refractivity contribution in [2.75, 3.05) is 99.1 Å². The lowest BCUT2D eigenvalue weighted by Crippen LogP contribution is -2.64. The van der Waals surface area contributed by atoms with Crippen molar-refractivity contribution < 1.29 is 83.1 Å². The van der Waals surface area contributed by atoms with Gasteiger partial charge in [-0.05, 0) is 0 Å². The molecule has 2 fully saturated rings. The van der Waals surface area contributed by atoms with Gasteiger partial charge in [0.15, 0.2) is 12.6 Å². The second kappa shape index (κ2) is 23.4. The molecule has 2 rings (SSSR count). The maximum absolute atomic E-state index is 10.6. The molecule has 10 atom stereocenters. The highest BCUT2D eigenvalue weighted by Gasteiger charge is 2.50. The van der Waals surface area contributed by atoms with Crippen molar-refractivity contribution >= 4 is 0 Å². The molecule has 0 aromatic rings. The molecule has 17 heteroatoms. The summed E-state index contributed by atoms with van der Waals surface area (Å²) in [5, 5.41) is 70.2. The highest BCUT2D eigenvalue weighted by molar-refractivity contribution is 4.94. The van der Waals surface area contributed by atoms with Gasteiger partial charge in [0.1, 0.15) is 48.8 Å². The van der Waals surface area contributed by atoms with Crippen LogP contribution in [0.5, 0.6) is 0 Å². The molecule has 0 saturated carbocycles. The minimum Gasteiger partial charge on any atom is -0.394 e. The van der Waals surface area contributed by atoms with E-state index in [0.717, 1.165) is 0 Å². The molecule has 4 unspecified atom stereocenters. The monoisotopic (exact) mass is 646 g/mol. The Balaban J connectivity index is 1.50. The summed E-state index contributed by atoms with van der Waals surface area (Å²) in [5.41, 5.74) is 0. The first-order chi connectivity index (χ1) is 21.3. The number of ether oxygens (including phenoxy) is 10. The van der Waals surface area contributed by atoms with Crippen LogP contribution in [0.1, 0.15) is 0 Å². The Kier molecular flexibility index (Phi) is 20.9. The van der Waals surface area contributed by atoms with Crippen LogP contribution in [0.4, 0.5) is 0 Å². The summed E-state index contributed by atoms with van der Waals surface area (Å²) >= 11 is 0. The SMILES string of the molecule is C=CCOCCOCCOCCOCCOCCOCCO[C@H]1O[C@H](CO)[C@@H](O[C@@H]2OC(CO)[C@H](O)[C@H](O)C2O)C(O)C1O. The van der Waals surface area contributed by atoms with Crippen LogP contribution in [0.2, 0.25) is 0 Å². The second-order valence-electron chi connectivity index (χ2n) is 9.80. The fourth-order valence-corrected chi connectivity index (χ4v) is 4.18. The van der Waals surface area contributed by atoms with Gasteiger partial charge in [-0.15, -0.1) is 6.58 Å². The van der Waals surface area contributed by atoms with Crippen molar-refractivity contribution in [1.29, 1.82) is 0 Å². The van der Waals surface area contributed by atoms with E-state index in [9.17, 15) is 35.7 Å². The summed E-state index contributed by atoms with van der Waals surface area (Å²) in [7, 11) is 0. The van der Waals surface area contributed by atoms with E-state index >= 15 is 0 Å². The second-order valence-corrected chi connectivity index (χ2v) is 9.80. The summed E-state index contributed by atoms with van der Waals surface area (Å²) < 4.78 is 53.9. The fourth-order valence-electron chi connectivity index (χ4n) is 4.18. The minimum absolute atomic E-state index is 0.0118. The van der Waals surface area contributed by atoms with Crippen molar-refractivity contribution in [3.63, 3.8) is 0 Å². The van der Waals surface area contributed by atoms with Crippen LogP contribution in [0.25, 0.3) is 0 Å². The Morgan fingerprint density at radius 1 is 0.500 bits per heavy atom. The van der Waals surface area contributed by atoms with Crippen molar-refractivity contribution in [1.82, 2.24) is 0 Å². The molecule has 7 N–H and O–H groups in total. The van der Waals surface area contributed by atoms with Crippen LogP contribution < -0.4 is 0 Å². The van der Waals surface area contributed by atoms with Crippen LogP contribution >= 0.6 is 0 Å². The third-order valence-corrected chi connectivity index (χ3v) is 6.57. The normalized spacial score (nSPS) is 32.6. The lowest BCUT2D eigenvalue weighted by atomic mass is 9.97. The molecule has 2 aliphatic heterocycles. The highest BCUT2D eigenvalue weighted by Crippen LogP contribution is 2.29. The summed E-state index contributed by atoms with van der Waals surface area (Å²) in [6.07, 6.45) is -13.4. The standard InChI is InChI=1S/C27H50O17/c1-2-3-35-4-5-36-6-7-37-8-9-38-10-11-39-12-13-40-14-15-41-26-24(34)22(32)25(19(17-29)43-26)44-27-23(33)21(31)20(30)18(16-28)42-27/h2,18-34H,1,3-17H2/t18?,19-,20+,21+,22?,23?,24?,25-,26+,27+/m1/s1. The van der Waals surface area contributed by atoms with Gasteiger partial charge in [-0.3, -0.25) is 0 Å². The molecule has 0 aromatic heterocycles. The zero-order chi connectivity index (χ0) is 32.2. The third-order valence-electron chi connectivity index (χ3n) is 6.57. The van der Waals surface area contributed by atoms with Gasteiger partial charge in [0.25, 0.3) is 0 Å². The number of aliphatic hydroxyl groups is 7. The highest BCUT2D eigenvalue weighted by atomic mass is 16.7. The Morgan fingerprint density at radius 3 is 1.41 bits per heavy atom. The molecule has 0 aromatic carbocycles. The quantitative estimate of drug-likeness (QED) is 0.0369. The largest absolute Gasteiger partial charge is 0.394 e. The van der Waals surface area contributed by atoms with Crippen molar-refractivity contribution in [2.45, 2.75) is 61.4 Å². The molecule has 0 radical (unpaired) electrons. The van der Waals surface area contributed by atoms with Gasteiger partial charge in [0, 0.05) is 0 Å². The predicted octanol–water partition coefficient (Wildman–Crippen LogP) is -4.09. The maximum atomic E-state index is 10.6. The number of aliphatic hydroxyl groups excluding tert-OH is 7. The van der Waals surface area contributed by atoms with Gasteiger partial charge >= 0.3 is 0 Å². The maximum Gasteiger partial charge on any atom is 0.187 e. The topological polar surface area (TPSA) is 234 Å². The van der Waals surface area contributed by atoms with E-state index in [2.05, 4.69) is 6.58 Å². The molecule has 17 nitrogen and oxygen atoms in total. The molecule has 260 valence electrons. The fraction of sp³-hybridized carbons (Fsp3) is 0.926. The summed E-state index contributed by atoms with van der Waals surface area (Å²) in [6.45, 7) is 7.06. The van der Waals surface area contributed by atoms with E-state index in [1.165, 1.54) is 0 Å². The van der Waals surface area contributed by atoms with Crippen LogP contribution in [-0.2, 0) is 47.4 Å². The molecule has 2 heterocycles. The number of hydrogen-bond donors (Lipinski definition) is 7. The lowest BCUT2D eigenvalue weighted by molar-refractivity contribution is -0.359. The molecule has 44 heavy (non-hydrogen) atoms. The molecule has 2 saturated heterocycles. The van der Waals surface area contributed by atoms with Crippen molar-refractivity contribution in [3.05, 3.63) is 12.7 Å². The molecule has 0 bridgehead atoms. The summed E-state index contributed by atoms with van der Waals surface area (Å²) in [4.78, 5) is 0. The van der Waals surface area contributed by atoms with E-state index in [0.29, 0.717) is 66.1 Å². The van der Waals surface area contributed by atoms with Crippen LogP contribution in [0, 0.1) is 0 Å². The average Bonchev–Trinajstić information content (AvgIpc) is 3.03. The lowest BCUT2D eigenvalue weighted by Gasteiger charge is -2.45. The smallest absolute Gasteiger partial charge is 0.187 e. The zero-order valence-electron chi connectivity index (χ0n) is 24.9. The molecule has 0 aliphatic carbocycles. The Morgan fingerprint density at radius 2 is 0.932 bits per heavy atom. The van der Waals surface area contributed by atoms with Gasteiger partial charge < -0.3 is 83.1 Å².